The molecule has 2 aromatic heterocycles. The van der Waals surface area contributed by atoms with E-state index in [0.29, 0.717) is 0 Å². The fourth-order valence-corrected chi connectivity index (χ4v) is 3.18. The van der Waals surface area contributed by atoms with Gasteiger partial charge in [0.15, 0.2) is 5.82 Å². The van der Waals surface area contributed by atoms with Gasteiger partial charge in [-0.15, -0.1) is 0 Å². The third-order valence-corrected chi connectivity index (χ3v) is 4.58. The number of H-pyrrole nitrogens is 2. The molecule has 0 atom stereocenters. The average Bonchev–Trinajstić information content (AvgIpc) is 3.14. The van der Waals surface area contributed by atoms with Crippen molar-refractivity contribution >= 4 is 16.7 Å². The van der Waals surface area contributed by atoms with Crippen molar-refractivity contribution < 1.29 is 0 Å². The third kappa shape index (κ3) is 2.59. The van der Waals surface area contributed by atoms with Crippen LogP contribution in [0.2, 0.25) is 0 Å². The van der Waals surface area contributed by atoms with Crippen molar-refractivity contribution in [3.8, 4) is 11.5 Å². The van der Waals surface area contributed by atoms with Crippen LogP contribution in [0.3, 0.4) is 0 Å². The number of hydrogen-bond donors (Lipinski definition) is 2. The van der Waals surface area contributed by atoms with Crippen LogP contribution in [0.5, 0.6) is 0 Å². The highest BCUT2D eigenvalue weighted by Gasteiger charge is 2.17. The zero-order valence-electron chi connectivity index (χ0n) is 13.8. The normalized spacial score (nSPS) is 16.4. The van der Waals surface area contributed by atoms with Gasteiger partial charge in [-0.2, -0.15) is 5.10 Å². The quantitative estimate of drug-likeness (QED) is 0.762. The van der Waals surface area contributed by atoms with E-state index < -0.39 is 0 Å². The molecule has 1 aromatic carbocycles. The summed E-state index contributed by atoms with van der Waals surface area (Å²) in [6.45, 7) is 8.48. The summed E-state index contributed by atoms with van der Waals surface area (Å²) in [6.07, 6.45) is 0. The highest BCUT2D eigenvalue weighted by Crippen LogP contribution is 2.27. The molecule has 0 unspecified atom stereocenters. The third-order valence-electron chi connectivity index (χ3n) is 4.58. The van der Waals surface area contributed by atoms with Gasteiger partial charge in [0.1, 0.15) is 5.69 Å². The number of likely N-dealkylation sites (N-methyl/N-ethyl adjacent to an activating group) is 1. The van der Waals surface area contributed by atoms with E-state index in [1.165, 1.54) is 11.3 Å². The van der Waals surface area contributed by atoms with Crippen LogP contribution < -0.4 is 4.90 Å². The predicted molar refractivity (Wildman–Crippen MR) is 92.9 cm³/mol. The fourth-order valence-electron chi connectivity index (χ4n) is 3.18. The predicted octanol–water partition coefficient (Wildman–Crippen LogP) is 2.32. The smallest absolute Gasteiger partial charge is 0.159 e. The van der Waals surface area contributed by atoms with Crippen LogP contribution in [0.1, 0.15) is 11.3 Å². The minimum atomic E-state index is 0.822. The zero-order chi connectivity index (χ0) is 16.0. The second kappa shape index (κ2) is 5.38. The first-order valence-corrected chi connectivity index (χ1v) is 8.06. The molecule has 0 spiro atoms. The molecule has 4 rings (SSSR count). The van der Waals surface area contributed by atoms with Crippen LogP contribution >= 0.6 is 0 Å². The number of piperazine rings is 1. The Bertz CT molecular complexity index is 838. The van der Waals surface area contributed by atoms with Crippen LogP contribution in [0.15, 0.2) is 18.2 Å². The number of rotatable bonds is 2. The van der Waals surface area contributed by atoms with Crippen molar-refractivity contribution in [1.82, 2.24) is 25.1 Å². The molecule has 0 bridgehead atoms. The summed E-state index contributed by atoms with van der Waals surface area (Å²) in [5.41, 5.74) is 6.48. The van der Waals surface area contributed by atoms with E-state index in [0.717, 1.165) is 54.4 Å². The number of aryl methyl sites for hydroxylation is 2. The van der Waals surface area contributed by atoms with Crippen LogP contribution in [-0.4, -0.2) is 58.3 Å². The number of fused-ring (bicyclic) bond motifs is 1. The Kier molecular flexibility index (Phi) is 3.34. The Morgan fingerprint density at radius 1 is 1.04 bits per heavy atom. The molecular weight excluding hydrogens is 288 g/mol. The lowest BCUT2D eigenvalue weighted by molar-refractivity contribution is 0.313. The molecule has 3 aromatic rings. The maximum absolute atomic E-state index is 4.73. The molecule has 1 aliphatic rings. The van der Waals surface area contributed by atoms with E-state index in [1.807, 2.05) is 13.0 Å². The van der Waals surface area contributed by atoms with E-state index in [2.05, 4.69) is 51.1 Å². The first kappa shape index (κ1) is 14.3. The lowest BCUT2D eigenvalue weighted by atomic mass is 10.1. The standard InChI is InChI=1S/C17H22N6/c1-11-8-13(23-6-4-22(3)5-7-23)10-14-16(11)19-17(18-14)15-9-12(2)20-21-15/h8-10H,4-7H2,1-3H3,(H,18,19)(H,20,21). The van der Waals surface area contributed by atoms with Crippen molar-refractivity contribution in [3.63, 3.8) is 0 Å². The summed E-state index contributed by atoms with van der Waals surface area (Å²) in [6, 6.07) is 6.46. The summed E-state index contributed by atoms with van der Waals surface area (Å²) >= 11 is 0. The lowest BCUT2D eigenvalue weighted by Crippen LogP contribution is -2.44. The highest BCUT2D eigenvalue weighted by molar-refractivity contribution is 5.85. The van der Waals surface area contributed by atoms with Crippen molar-refractivity contribution in [2.75, 3.05) is 38.1 Å². The highest BCUT2D eigenvalue weighted by atomic mass is 15.2. The largest absolute Gasteiger partial charge is 0.369 e. The summed E-state index contributed by atoms with van der Waals surface area (Å²) in [5, 5.41) is 7.27. The minimum Gasteiger partial charge on any atom is -0.369 e. The molecule has 0 aliphatic carbocycles. The number of aromatic nitrogens is 4. The van der Waals surface area contributed by atoms with Gasteiger partial charge < -0.3 is 14.8 Å². The Morgan fingerprint density at radius 3 is 2.52 bits per heavy atom. The first-order valence-electron chi connectivity index (χ1n) is 8.06. The Hall–Kier alpha value is -2.34. The van der Waals surface area contributed by atoms with Crippen molar-refractivity contribution in [2.45, 2.75) is 13.8 Å². The molecule has 3 heterocycles. The molecule has 0 saturated carbocycles. The summed E-state index contributed by atoms with van der Waals surface area (Å²) in [7, 11) is 2.18. The monoisotopic (exact) mass is 310 g/mol. The average molecular weight is 310 g/mol. The fraction of sp³-hybridized carbons (Fsp3) is 0.412. The molecule has 1 saturated heterocycles. The number of nitrogens with zero attached hydrogens (tertiary/aromatic N) is 4. The molecule has 0 radical (unpaired) electrons. The SMILES string of the molecule is Cc1cc(-c2nc3c(C)cc(N4CCN(C)CC4)cc3[nH]2)n[nH]1. The van der Waals surface area contributed by atoms with Gasteiger partial charge in [0.2, 0.25) is 0 Å². The van der Waals surface area contributed by atoms with Crippen LogP contribution in [-0.2, 0) is 0 Å². The van der Waals surface area contributed by atoms with E-state index in [-0.39, 0.29) is 0 Å². The number of benzene rings is 1. The summed E-state index contributed by atoms with van der Waals surface area (Å²) in [5.74, 6) is 0.822. The van der Waals surface area contributed by atoms with Gasteiger partial charge >= 0.3 is 0 Å². The molecule has 2 N–H and O–H groups in total. The van der Waals surface area contributed by atoms with E-state index in [4.69, 9.17) is 4.98 Å². The van der Waals surface area contributed by atoms with Crippen molar-refractivity contribution in [1.29, 1.82) is 0 Å². The second-order valence-corrected chi connectivity index (χ2v) is 6.47. The van der Waals surface area contributed by atoms with Crippen LogP contribution in [0.4, 0.5) is 5.69 Å². The van der Waals surface area contributed by atoms with Gasteiger partial charge in [-0.05, 0) is 44.7 Å². The molecule has 0 amide bonds. The van der Waals surface area contributed by atoms with Gasteiger partial charge in [0.25, 0.3) is 0 Å². The van der Waals surface area contributed by atoms with Gasteiger partial charge in [-0.25, -0.2) is 4.98 Å². The number of nitrogens with one attached hydrogen (secondary N) is 2. The number of imidazole rings is 1. The van der Waals surface area contributed by atoms with Crippen LogP contribution in [0.25, 0.3) is 22.6 Å². The van der Waals surface area contributed by atoms with Crippen molar-refractivity contribution in [2.24, 2.45) is 0 Å². The molecule has 1 fully saturated rings. The molecule has 6 heteroatoms. The molecule has 6 nitrogen and oxygen atoms in total. The lowest BCUT2D eigenvalue weighted by Gasteiger charge is -2.34. The first-order chi connectivity index (χ1) is 11.1. The van der Waals surface area contributed by atoms with Gasteiger partial charge in [0, 0.05) is 37.6 Å². The zero-order valence-corrected chi connectivity index (χ0v) is 13.8. The Labute approximate surface area is 135 Å². The van der Waals surface area contributed by atoms with Gasteiger partial charge in [0.05, 0.1) is 11.0 Å². The van der Waals surface area contributed by atoms with Crippen molar-refractivity contribution in [3.05, 3.63) is 29.5 Å². The van der Waals surface area contributed by atoms with Gasteiger partial charge in [-0.3, -0.25) is 5.10 Å². The molecule has 1 aliphatic heterocycles. The Balaban J connectivity index is 1.72. The number of anilines is 1. The maximum Gasteiger partial charge on any atom is 0.159 e. The Morgan fingerprint density at radius 2 is 1.83 bits per heavy atom. The summed E-state index contributed by atoms with van der Waals surface area (Å²) < 4.78 is 0. The van der Waals surface area contributed by atoms with Crippen LogP contribution in [0, 0.1) is 13.8 Å². The van der Waals surface area contributed by atoms with E-state index >= 15 is 0 Å². The van der Waals surface area contributed by atoms with Gasteiger partial charge in [-0.1, -0.05) is 0 Å². The second-order valence-electron chi connectivity index (χ2n) is 6.47. The summed E-state index contributed by atoms with van der Waals surface area (Å²) in [4.78, 5) is 13.0. The van der Waals surface area contributed by atoms with E-state index in [1.54, 1.807) is 0 Å². The topological polar surface area (TPSA) is 63.8 Å². The molecular formula is C17H22N6. The maximum atomic E-state index is 4.73. The number of aromatic amines is 2. The minimum absolute atomic E-state index is 0.822. The van der Waals surface area contributed by atoms with E-state index in [9.17, 15) is 0 Å². The number of hydrogen-bond acceptors (Lipinski definition) is 4. The molecule has 23 heavy (non-hydrogen) atoms. The molecule has 120 valence electrons.